The number of hydrogen-bond acceptors (Lipinski definition) is 6. The van der Waals surface area contributed by atoms with Crippen LogP contribution in [0.1, 0.15) is 9.80 Å². The molecule has 0 radical (unpaired) electrons. The number of nitrogens with one attached hydrogen (secondary N) is 2. The highest BCUT2D eigenvalue weighted by Gasteiger charge is 2.19. The molecule has 0 bridgehead atoms. The Morgan fingerprint density at radius 1 is 1.30 bits per heavy atom. The lowest BCUT2D eigenvalue weighted by Gasteiger charge is -2.09. The van der Waals surface area contributed by atoms with E-state index >= 15 is 0 Å². The van der Waals surface area contributed by atoms with E-state index in [2.05, 4.69) is 20.2 Å². The maximum Gasteiger partial charge on any atom is 0.286 e. The fraction of sp³-hybridized carbons (Fsp3) is 0.100. The Kier molecular flexibility index (Phi) is 4.33. The van der Waals surface area contributed by atoms with Gasteiger partial charge in [-0.1, -0.05) is 23.5 Å². The van der Waals surface area contributed by atoms with Gasteiger partial charge in [0.15, 0.2) is 0 Å². The molecule has 0 unspecified atom stereocenters. The minimum atomic E-state index is -3.67. The lowest BCUT2D eigenvalue weighted by atomic mass is 10.3. The van der Waals surface area contributed by atoms with Crippen molar-refractivity contribution in [1.29, 1.82) is 0 Å². The largest absolute Gasteiger partial charge is 0.319 e. The highest BCUT2D eigenvalue weighted by Crippen LogP contribution is 2.22. The van der Waals surface area contributed by atoms with E-state index in [-0.39, 0.29) is 20.1 Å². The molecule has 7 nitrogen and oxygen atoms in total. The van der Waals surface area contributed by atoms with E-state index < -0.39 is 15.9 Å². The summed E-state index contributed by atoms with van der Waals surface area (Å²) in [4.78, 5) is 11.9. The Morgan fingerprint density at radius 2 is 2.00 bits per heavy atom. The van der Waals surface area contributed by atoms with Crippen LogP contribution in [0.25, 0.3) is 0 Å². The minimum absolute atomic E-state index is 0.0357. The average molecular weight is 333 g/mol. The lowest BCUT2D eigenvalue weighted by molar-refractivity contribution is 0.102. The van der Waals surface area contributed by atoms with Crippen LogP contribution in [-0.2, 0) is 10.0 Å². The standard InChI is InChI=1S/C10H9ClN4O3S2/c1-12-20(17,18)7-5-3-2-4-6(7)13-8(16)9-14-15-10(11)19-9/h2-5,12H,1H3,(H,13,16). The smallest absolute Gasteiger partial charge is 0.286 e. The highest BCUT2D eigenvalue weighted by atomic mass is 35.5. The van der Waals surface area contributed by atoms with Crippen LogP contribution in [0.15, 0.2) is 29.2 Å². The third-order valence-corrected chi connectivity index (χ3v) is 4.78. The molecule has 10 heteroatoms. The fourth-order valence-corrected chi connectivity index (χ4v) is 3.00. The highest BCUT2D eigenvalue weighted by molar-refractivity contribution is 7.89. The van der Waals surface area contributed by atoms with Gasteiger partial charge in [-0.15, -0.1) is 10.2 Å². The van der Waals surface area contributed by atoms with Gasteiger partial charge in [-0.3, -0.25) is 4.79 Å². The van der Waals surface area contributed by atoms with Crippen molar-refractivity contribution in [3.63, 3.8) is 0 Å². The molecule has 2 aromatic rings. The van der Waals surface area contributed by atoms with Crippen molar-refractivity contribution < 1.29 is 13.2 Å². The number of anilines is 1. The number of sulfonamides is 1. The summed E-state index contributed by atoms with van der Waals surface area (Å²) in [5, 5.41) is 9.61. The molecule has 1 amide bonds. The van der Waals surface area contributed by atoms with Crippen LogP contribution in [-0.4, -0.2) is 31.6 Å². The number of benzene rings is 1. The minimum Gasteiger partial charge on any atom is -0.319 e. The summed E-state index contributed by atoms with van der Waals surface area (Å²) in [5.41, 5.74) is 0.151. The van der Waals surface area contributed by atoms with Crippen molar-refractivity contribution >= 4 is 44.6 Å². The topological polar surface area (TPSA) is 101 Å². The van der Waals surface area contributed by atoms with Crippen LogP contribution in [0.4, 0.5) is 5.69 Å². The molecule has 0 spiro atoms. The van der Waals surface area contributed by atoms with Gasteiger partial charge >= 0.3 is 0 Å². The first-order valence-corrected chi connectivity index (χ1v) is 7.95. The molecule has 1 aromatic carbocycles. The number of rotatable bonds is 4. The SMILES string of the molecule is CNS(=O)(=O)c1ccccc1NC(=O)c1nnc(Cl)s1. The van der Waals surface area contributed by atoms with Gasteiger partial charge in [-0.25, -0.2) is 13.1 Å². The first-order valence-electron chi connectivity index (χ1n) is 5.27. The van der Waals surface area contributed by atoms with E-state index in [1.165, 1.54) is 19.2 Å². The summed E-state index contributed by atoms with van der Waals surface area (Å²) >= 11 is 6.49. The molecule has 20 heavy (non-hydrogen) atoms. The molecule has 0 fully saturated rings. The van der Waals surface area contributed by atoms with Crippen molar-refractivity contribution in [2.45, 2.75) is 4.90 Å². The van der Waals surface area contributed by atoms with Crippen molar-refractivity contribution in [3.05, 3.63) is 33.7 Å². The molecule has 0 saturated heterocycles. The zero-order valence-electron chi connectivity index (χ0n) is 10.1. The first kappa shape index (κ1) is 14.9. The number of halogens is 1. The van der Waals surface area contributed by atoms with Crippen LogP contribution < -0.4 is 10.0 Å². The molecule has 1 heterocycles. The second-order valence-electron chi connectivity index (χ2n) is 3.52. The predicted octanol–water partition coefficient (Wildman–Crippen LogP) is 1.35. The van der Waals surface area contributed by atoms with Crippen molar-refractivity contribution in [1.82, 2.24) is 14.9 Å². The van der Waals surface area contributed by atoms with Crippen molar-refractivity contribution in [3.8, 4) is 0 Å². The molecule has 0 saturated carbocycles. The molecular formula is C10H9ClN4O3S2. The number of carbonyl (C=O) groups excluding carboxylic acids is 1. The third kappa shape index (κ3) is 3.12. The summed E-state index contributed by atoms with van der Waals surface area (Å²) in [5.74, 6) is -0.576. The van der Waals surface area contributed by atoms with Gasteiger partial charge in [0.1, 0.15) is 4.90 Å². The number of para-hydroxylation sites is 1. The van der Waals surface area contributed by atoms with Crippen molar-refractivity contribution in [2.24, 2.45) is 0 Å². The Hall–Kier alpha value is -1.55. The van der Waals surface area contributed by atoms with Crippen LogP contribution >= 0.6 is 22.9 Å². The Balaban J connectivity index is 2.33. The van der Waals surface area contributed by atoms with Crippen LogP contribution in [0.2, 0.25) is 4.47 Å². The van der Waals surface area contributed by atoms with Gasteiger partial charge in [0.2, 0.25) is 19.5 Å². The molecule has 2 rings (SSSR count). The number of aromatic nitrogens is 2. The second-order valence-corrected chi connectivity index (χ2v) is 6.93. The third-order valence-electron chi connectivity index (χ3n) is 2.29. The summed E-state index contributed by atoms with van der Waals surface area (Å²) in [6.07, 6.45) is 0. The monoisotopic (exact) mass is 332 g/mol. The summed E-state index contributed by atoms with van der Waals surface area (Å²) < 4.78 is 26.0. The summed E-state index contributed by atoms with van der Waals surface area (Å²) in [6.45, 7) is 0. The van der Waals surface area contributed by atoms with Gasteiger partial charge in [0, 0.05) is 0 Å². The number of hydrogen-bond donors (Lipinski definition) is 2. The fourth-order valence-electron chi connectivity index (χ4n) is 1.39. The zero-order valence-corrected chi connectivity index (χ0v) is 12.5. The van der Waals surface area contributed by atoms with Crippen molar-refractivity contribution in [2.75, 3.05) is 12.4 Å². The number of nitrogens with zero attached hydrogens (tertiary/aromatic N) is 2. The van der Waals surface area contributed by atoms with Gasteiger partial charge in [0.05, 0.1) is 5.69 Å². The average Bonchev–Trinajstić information content (AvgIpc) is 2.86. The van der Waals surface area contributed by atoms with E-state index in [0.29, 0.717) is 0 Å². The van der Waals surface area contributed by atoms with Crippen LogP contribution in [0.5, 0.6) is 0 Å². The molecular weight excluding hydrogens is 324 g/mol. The quantitative estimate of drug-likeness (QED) is 0.880. The van der Waals surface area contributed by atoms with Crippen LogP contribution in [0, 0.1) is 0 Å². The van der Waals surface area contributed by atoms with E-state index in [1.807, 2.05) is 0 Å². The number of carbonyl (C=O) groups is 1. The Morgan fingerprint density at radius 3 is 2.60 bits per heavy atom. The number of amides is 1. The second kappa shape index (κ2) is 5.83. The van der Waals surface area contributed by atoms with E-state index in [4.69, 9.17) is 11.6 Å². The van der Waals surface area contributed by atoms with E-state index in [9.17, 15) is 13.2 Å². The molecule has 1 aromatic heterocycles. The Bertz CT molecular complexity index is 744. The maximum absolute atomic E-state index is 11.9. The van der Waals surface area contributed by atoms with Gasteiger partial charge < -0.3 is 5.32 Å². The van der Waals surface area contributed by atoms with Gasteiger partial charge in [-0.05, 0) is 30.8 Å². The normalized spacial score (nSPS) is 11.3. The molecule has 0 aliphatic heterocycles. The van der Waals surface area contributed by atoms with Crippen LogP contribution in [0.3, 0.4) is 0 Å². The van der Waals surface area contributed by atoms with Gasteiger partial charge in [0.25, 0.3) is 5.91 Å². The molecule has 106 valence electrons. The molecule has 0 atom stereocenters. The maximum atomic E-state index is 11.9. The van der Waals surface area contributed by atoms with E-state index in [0.717, 1.165) is 11.3 Å². The first-order chi connectivity index (χ1) is 9.44. The molecule has 0 aliphatic carbocycles. The summed E-state index contributed by atoms with van der Waals surface area (Å²) in [7, 11) is -2.38. The Labute approximate surface area is 124 Å². The summed E-state index contributed by atoms with van der Waals surface area (Å²) in [6, 6.07) is 6.03. The zero-order chi connectivity index (χ0) is 14.8. The van der Waals surface area contributed by atoms with E-state index in [1.54, 1.807) is 12.1 Å². The molecule has 0 aliphatic rings. The van der Waals surface area contributed by atoms with Gasteiger partial charge in [-0.2, -0.15) is 0 Å². The lowest BCUT2D eigenvalue weighted by Crippen LogP contribution is -2.21. The molecule has 2 N–H and O–H groups in total. The predicted molar refractivity (Wildman–Crippen MR) is 75.6 cm³/mol.